The highest BCUT2D eigenvalue weighted by Crippen LogP contribution is 2.32. The summed E-state index contributed by atoms with van der Waals surface area (Å²) in [7, 11) is 3.61. The highest BCUT2D eigenvalue weighted by Gasteiger charge is 2.22. The van der Waals surface area contributed by atoms with Crippen LogP contribution in [-0.4, -0.2) is 37.5 Å². The van der Waals surface area contributed by atoms with E-state index in [1.165, 1.54) is 0 Å². The van der Waals surface area contributed by atoms with Gasteiger partial charge in [0, 0.05) is 26.0 Å². The minimum absolute atomic E-state index is 0.0540. The van der Waals surface area contributed by atoms with Gasteiger partial charge in [-0.25, -0.2) is 20.8 Å². The smallest absolute Gasteiger partial charge is 0.287 e. The van der Waals surface area contributed by atoms with Gasteiger partial charge in [0.25, 0.3) is 5.91 Å². The molecule has 0 aliphatic heterocycles. The lowest BCUT2D eigenvalue weighted by atomic mass is 10.1. The Balaban J connectivity index is 1.92. The maximum Gasteiger partial charge on any atom is 0.287 e. The Morgan fingerprint density at radius 2 is 1.90 bits per heavy atom. The molecule has 4 rings (SSSR count). The first-order chi connectivity index (χ1) is 14.1. The van der Waals surface area contributed by atoms with Crippen molar-refractivity contribution in [2.45, 2.75) is 0 Å². The number of carbonyl (C=O) groups is 1. The zero-order valence-electron chi connectivity index (χ0n) is 15.8. The number of nitrogen functional groups attached to an aromatic ring is 1. The maximum absolute atomic E-state index is 12.4. The number of imidazole rings is 1. The van der Waals surface area contributed by atoms with Crippen molar-refractivity contribution >= 4 is 34.3 Å². The number of carbonyl (C=O) groups excluding carboxylic acids is 1. The number of benzene rings is 1. The first kappa shape index (κ1) is 18.3. The first-order valence-electron chi connectivity index (χ1n) is 8.80. The highest BCUT2D eigenvalue weighted by molar-refractivity contribution is 6.00. The Morgan fingerprint density at radius 3 is 2.62 bits per heavy atom. The fourth-order valence-electron chi connectivity index (χ4n) is 2.99. The van der Waals surface area contributed by atoms with Crippen LogP contribution in [0.15, 0.2) is 49.1 Å². The van der Waals surface area contributed by atoms with Gasteiger partial charge in [-0.05, 0) is 12.1 Å². The van der Waals surface area contributed by atoms with Gasteiger partial charge in [-0.2, -0.15) is 0 Å². The van der Waals surface area contributed by atoms with E-state index in [0.29, 0.717) is 22.6 Å². The van der Waals surface area contributed by atoms with Crippen molar-refractivity contribution < 1.29 is 4.79 Å². The topological polar surface area (TPSA) is 136 Å². The number of nitrogens with one attached hydrogen (secondary N) is 3. The zero-order valence-corrected chi connectivity index (χ0v) is 15.8. The second-order valence-electron chi connectivity index (χ2n) is 6.24. The summed E-state index contributed by atoms with van der Waals surface area (Å²) in [4.78, 5) is 30.3. The van der Waals surface area contributed by atoms with Crippen LogP contribution >= 0.6 is 0 Å². The van der Waals surface area contributed by atoms with E-state index >= 15 is 0 Å². The molecule has 3 aromatic heterocycles. The molecule has 0 saturated heterocycles. The summed E-state index contributed by atoms with van der Waals surface area (Å²) in [5.74, 6) is 5.55. The average Bonchev–Trinajstić information content (AvgIpc) is 3.14. The molecule has 0 unspecified atom stereocenters. The van der Waals surface area contributed by atoms with E-state index in [9.17, 15) is 4.79 Å². The van der Waals surface area contributed by atoms with Gasteiger partial charge >= 0.3 is 0 Å². The third kappa shape index (κ3) is 3.32. The van der Waals surface area contributed by atoms with Gasteiger partial charge in [0.05, 0.1) is 23.6 Å². The van der Waals surface area contributed by atoms with E-state index in [1.54, 1.807) is 25.8 Å². The van der Waals surface area contributed by atoms with Crippen LogP contribution in [0.5, 0.6) is 0 Å². The molecule has 10 heteroatoms. The Bertz CT molecular complexity index is 1190. The molecule has 3 heterocycles. The van der Waals surface area contributed by atoms with Crippen LogP contribution in [0.4, 0.5) is 17.3 Å². The Morgan fingerprint density at radius 1 is 1.10 bits per heavy atom. The van der Waals surface area contributed by atoms with Gasteiger partial charge in [0.1, 0.15) is 11.2 Å². The fourth-order valence-corrected chi connectivity index (χ4v) is 2.99. The summed E-state index contributed by atoms with van der Waals surface area (Å²) in [6.07, 6.45) is 5.06. The number of para-hydroxylation sites is 1. The molecule has 0 radical (unpaired) electrons. The molecule has 0 aliphatic rings. The Kier molecular flexibility index (Phi) is 4.75. The molecule has 146 valence electrons. The molecule has 1 amide bonds. The van der Waals surface area contributed by atoms with Crippen LogP contribution < -0.4 is 21.9 Å². The number of nitrogens with two attached hydrogens (primary N) is 1. The maximum atomic E-state index is 12.4. The van der Waals surface area contributed by atoms with Crippen LogP contribution in [0, 0.1) is 0 Å². The van der Waals surface area contributed by atoms with E-state index in [1.807, 2.05) is 41.9 Å². The number of pyridine rings is 1. The Labute approximate surface area is 166 Å². The average molecular weight is 389 g/mol. The summed E-state index contributed by atoms with van der Waals surface area (Å²) in [5.41, 5.74) is 5.58. The van der Waals surface area contributed by atoms with Gasteiger partial charge in [-0.3, -0.25) is 15.2 Å². The van der Waals surface area contributed by atoms with Gasteiger partial charge in [0.2, 0.25) is 0 Å². The molecule has 10 nitrogen and oxygen atoms in total. The van der Waals surface area contributed by atoms with E-state index in [-0.39, 0.29) is 11.5 Å². The molecule has 1 aromatic carbocycles. The monoisotopic (exact) mass is 389 g/mol. The number of rotatable bonds is 5. The number of fused-ring (bicyclic) bond motifs is 1. The standard InChI is InChI=1S/C19H19N9O/c1-21-17-15(12-8-22-9-13-14(12)23-10-28(13)2)25-16(19(29)27-20)18(26-17)24-11-6-4-3-5-7-11/h3-10H,20H2,1-2H3,(H,27,29)(H2,21,24,26). The third-order valence-electron chi connectivity index (χ3n) is 4.41. The number of hydrazine groups is 1. The predicted molar refractivity (Wildman–Crippen MR) is 110 cm³/mol. The van der Waals surface area contributed by atoms with Crippen molar-refractivity contribution in [3.63, 3.8) is 0 Å². The minimum Gasteiger partial charge on any atom is -0.371 e. The summed E-state index contributed by atoms with van der Waals surface area (Å²) in [6.45, 7) is 0. The molecule has 0 spiro atoms. The SMILES string of the molecule is CNc1nc(Nc2ccccc2)c(C(=O)NN)nc1-c1cncc2c1ncn2C. The molecule has 0 bridgehead atoms. The predicted octanol–water partition coefficient (Wildman–Crippen LogP) is 1.81. The van der Waals surface area contributed by atoms with E-state index in [2.05, 4.69) is 36.0 Å². The number of amides is 1. The number of aromatic nitrogens is 5. The first-order valence-corrected chi connectivity index (χ1v) is 8.80. The van der Waals surface area contributed by atoms with E-state index in [4.69, 9.17) is 5.84 Å². The quantitative estimate of drug-likeness (QED) is 0.231. The lowest BCUT2D eigenvalue weighted by Gasteiger charge is -2.15. The van der Waals surface area contributed by atoms with Crippen LogP contribution in [0.25, 0.3) is 22.3 Å². The summed E-state index contributed by atoms with van der Waals surface area (Å²) in [6, 6.07) is 9.36. The van der Waals surface area contributed by atoms with Crippen molar-refractivity contribution in [1.29, 1.82) is 0 Å². The van der Waals surface area contributed by atoms with Crippen molar-refractivity contribution in [3.05, 3.63) is 54.7 Å². The third-order valence-corrected chi connectivity index (χ3v) is 4.41. The molecule has 4 aromatic rings. The highest BCUT2D eigenvalue weighted by atomic mass is 16.2. The largest absolute Gasteiger partial charge is 0.371 e. The van der Waals surface area contributed by atoms with E-state index < -0.39 is 5.91 Å². The molecule has 29 heavy (non-hydrogen) atoms. The number of hydrogen-bond donors (Lipinski definition) is 4. The molecular weight excluding hydrogens is 370 g/mol. The number of anilines is 3. The normalized spacial score (nSPS) is 10.7. The summed E-state index contributed by atoms with van der Waals surface area (Å²) >= 11 is 0. The molecule has 5 N–H and O–H groups in total. The van der Waals surface area contributed by atoms with Crippen LogP contribution in [0.3, 0.4) is 0 Å². The minimum atomic E-state index is -0.569. The Hall–Kier alpha value is -4.05. The van der Waals surface area contributed by atoms with Gasteiger partial charge < -0.3 is 15.2 Å². The van der Waals surface area contributed by atoms with Crippen molar-refractivity contribution in [3.8, 4) is 11.3 Å². The van der Waals surface area contributed by atoms with Gasteiger partial charge in [-0.1, -0.05) is 18.2 Å². The fraction of sp³-hybridized carbons (Fsp3) is 0.105. The van der Waals surface area contributed by atoms with Crippen molar-refractivity contribution in [1.82, 2.24) is 29.9 Å². The van der Waals surface area contributed by atoms with Crippen LogP contribution in [0.2, 0.25) is 0 Å². The van der Waals surface area contributed by atoms with Crippen LogP contribution in [-0.2, 0) is 7.05 Å². The summed E-state index contributed by atoms with van der Waals surface area (Å²) < 4.78 is 1.86. The van der Waals surface area contributed by atoms with Gasteiger partial charge in [0.15, 0.2) is 17.3 Å². The molecule has 0 aliphatic carbocycles. The summed E-state index contributed by atoms with van der Waals surface area (Å²) in [5, 5.41) is 6.15. The number of aryl methyl sites for hydroxylation is 1. The molecular formula is C19H19N9O. The molecule has 0 atom stereocenters. The van der Waals surface area contributed by atoms with Crippen molar-refractivity contribution in [2.24, 2.45) is 12.9 Å². The lowest BCUT2D eigenvalue weighted by Crippen LogP contribution is -2.32. The van der Waals surface area contributed by atoms with Crippen molar-refractivity contribution in [2.75, 3.05) is 17.7 Å². The van der Waals surface area contributed by atoms with Gasteiger partial charge in [-0.15, -0.1) is 0 Å². The van der Waals surface area contributed by atoms with Crippen LogP contribution in [0.1, 0.15) is 10.5 Å². The van der Waals surface area contributed by atoms with E-state index in [0.717, 1.165) is 11.2 Å². The molecule has 0 saturated carbocycles. The second-order valence-corrected chi connectivity index (χ2v) is 6.24. The number of nitrogens with zero attached hydrogens (tertiary/aromatic N) is 5. The molecule has 0 fully saturated rings. The lowest BCUT2D eigenvalue weighted by molar-refractivity contribution is 0.0949. The second kappa shape index (κ2) is 7.52. The number of hydrogen-bond acceptors (Lipinski definition) is 8. The zero-order chi connectivity index (χ0) is 20.4.